The van der Waals surface area contributed by atoms with Crippen LogP contribution in [0.3, 0.4) is 0 Å². The number of rotatable bonds is 9. The van der Waals surface area contributed by atoms with Gasteiger partial charge >= 0.3 is 0 Å². The number of likely N-dealkylation sites (N-methyl/N-ethyl adjacent to an activating group) is 1. The predicted octanol–water partition coefficient (Wildman–Crippen LogP) is 4.49. The highest BCUT2D eigenvalue weighted by Crippen LogP contribution is 2.30. The summed E-state index contributed by atoms with van der Waals surface area (Å²) < 4.78 is 5.65. The SMILES string of the molecule is CCCCN(CC)CC(Cl)c1ccccc1OCC. The van der Waals surface area contributed by atoms with Crippen LogP contribution in [0.5, 0.6) is 5.75 Å². The second-order valence-corrected chi connectivity index (χ2v) is 5.21. The molecule has 0 saturated carbocycles. The lowest BCUT2D eigenvalue weighted by atomic mass is 10.1. The Morgan fingerprint density at radius 3 is 2.58 bits per heavy atom. The van der Waals surface area contributed by atoms with Crippen LogP contribution in [-0.4, -0.2) is 31.1 Å². The topological polar surface area (TPSA) is 12.5 Å². The van der Waals surface area contributed by atoms with Crippen LogP contribution in [0.15, 0.2) is 24.3 Å². The molecule has 0 bridgehead atoms. The molecule has 0 aliphatic heterocycles. The van der Waals surface area contributed by atoms with E-state index in [9.17, 15) is 0 Å². The zero-order chi connectivity index (χ0) is 14.1. The van der Waals surface area contributed by atoms with Gasteiger partial charge in [-0.1, -0.05) is 38.5 Å². The van der Waals surface area contributed by atoms with E-state index in [0.29, 0.717) is 6.61 Å². The van der Waals surface area contributed by atoms with Crippen LogP contribution in [-0.2, 0) is 0 Å². The number of ether oxygens (including phenoxy) is 1. The zero-order valence-electron chi connectivity index (χ0n) is 12.4. The van der Waals surface area contributed by atoms with Gasteiger partial charge in [-0.05, 0) is 32.5 Å². The van der Waals surface area contributed by atoms with E-state index in [2.05, 4.69) is 24.8 Å². The molecule has 2 nitrogen and oxygen atoms in total. The molecule has 0 aliphatic carbocycles. The van der Waals surface area contributed by atoms with E-state index in [1.807, 2.05) is 25.1 Å². The van der Waals surface area contributed by atoms with Crippen molar-refractivity contribution in [2.24, 2.45) is 0 Å². The van der Waals surface area contributed by atoms with Gasteiger partial charge in [-0.25, -0.2) is 0 Å². The van der Waals surface area contributed by atoms with Gasteiger partial charge in [-0.3, -0.25) is 0 Å². The molecule has 0 N–H and O–H groups in total. The molecule has 0 spiro atoms. The first-order valence-corrected chi connectivity index (χ1v) is 7.74. The third-order valence-corrected chi connectivity index (χ3v) is 3.62. The Bertz CT molecular complexity index is 356. The van der Waals surface area contributed by atoms with E-state index < -0.39 is 0 Å². The summed E-state index contributed by atoms with van der Waals surface area (Å²) in [7, 11) is 0. The van der Waals surface area contributed by atoms with Gasteiger partial charge in [0.25, 0.3) is 0 Å². The first-order valence-electron chi connectivity index (χ1n) is 7.31. The number of halogens is 1. The number of alkyl halides is 1. The second kappa shape index (κ2) is 9.22. The van der Waals surface area contributed by atoms with Crippen LogP contribution in [0.4, 0.5) is 0 Å². The molecule has 0 fully saturated rings. The number of unbranched alkanes of at least 4 members (excludes halogenated alkanes) is 1. The normalized spacial score (nSPS) is 12.7. The average molecular weight is 284 g/mol. The minimum Gasteiger partial charge on any atom is -0.494 e. The highest BCUT2D eigenvalue weighted by Gasteiger charge is 2.16. The number of para-hydroxylation sites is 1. The molecular formula is C16H26ClNO. The summed E-state index contributed by atoms with van der Waals surface area (Å²) in [5.41, 5.74) is 1.10. The van der Waals surface area contributed by atoms with Crippen molar-refractivity contribution in [3.8, 4) is 5.75 Å². The van der Waals surface area contributed by atoms with Gasteiger partial charge in [0.2, 0.25) is 0 Å². The molecule has 1 unspecified atom stereocenters. The summed E-state index contributed by atoms with van der Waals surface area (Å²) in [6, 6.07) is 8.08. The molecule has 1 atom stereocenters. The van der Waals surface area contributed by atoms with Crippen LogP contribution < -0.4 is 4.74 Å². The molecule has 0 saturated heterocycles. The van der Waals surface area contributed by atoms with Crippen LogP contribution in [0.2, 0.25) is 0 Å². The first kappa shape index (κ1) is 16.3. The highest BCUT2D eigenvalue weighted by molar-refractivity contribution is 6.21. The van der Waals surface area contributed by atoms with E-state index in [1.165, 1.54) is 12.8 Å². The number of hydrogen-bond donors (Lipinski definition) is 0. The third kappa shape index (κ3) is 5.42. The van der Waals surface area contributed by atoms with Gasteiger partial charge in [-0.15, -0.1) is 11.6 Å². The monoisotopic (exact) mass is 283 g/mol. The smallest absolute Gasteiger partial charge is 0.124 e. The van der Waals surface area contributed by atoms with Crippen LogP contribution in [0.25, 0.3) is 0 Å². The number of benzene rings is 1. The minimum atomic E-state index is -0.0143. The quantitative estimate of drug-likeness (QED) is 0.619. The van der Waals surface area contributed by atoms with E-state index in [4.69, 9.17) is 16.3 Å². The lowest BCUT2D eigenvalue weighted by Gasteiger charge is -2.24. The van der Waals surface area contributed by atoms with E-state index in [0.717, 1.165) is 30.9 Å². The zero-order valence-corrected chi connectivity index (χ0v) is 13.1. The van der Waals surface area contributed by atoms with Gasteiger partial charge in [0, 0.05) is 12.1 Å². The van der Waals surface area contributed by atoms with E-state index in [-0.39, 0.29) is 5.38 Å². The molecule has 3 heteroatoms. The van der Waals surface area contributed by atoms with Crippen molar-refractivity contribution in [3.63, 3.8) is 0 Å². The van der Waals surface area contributed by atoms with Gasteiger partial charge in [0.1, 0.15) is 5.75 Å². The highest BCUT2D eigenvalue weighted by atomic mass is 35.5. The molecule has 0 heterocycles. The summed E-state index contributed by atoms with van der Waals surface area (Å²) in [6.45, 7) is 10.1. The Morgan fingerprint density at radius 2 is 1.95 bits per heavy atom. The van der Waals surface area contributed by atoms with Crippen molar-refractivity contribution in [1.82, 2.24) is 4.90 Å². The summed E-state index contributed by atoms with van der Waals surface area (Å²) in [6.07, 6.45) is 2.45. The molecule has 0 radical (unpaired) electrons. The maximum Gasteiger partial charge on any atom is 0.124 e. The molecular weight excluding hydrogens is 258 g/mol. The van der Waals surface area contributed by atoms with E-state index in [1.54, 1.807) is 0 Å². The van der Waals surface area contributed by atoms with Crippen LogP contribution in [0, 0.1) is 0 Å². The van der Waals surface area contributed by atoms with Gasteiger partial charge < -0.3 is 9.64 Å². The fraction of sp³-hybridized carbons (Fsp3) is 0.625. The average Bonchev–Trinajstić information content (AvgIpc) is 2.44. The van der Waals surface area contributed by atoms with Crippen molar-refractivity contribution < 1.29 is 4.74 Å². The maximum absolute atomic E-state index is 6.58. The largest absolute Gasteiger partial charge is 0.494 e. The van der Waals surface area contributed by atoms with Gasteiger partial charge in [-0.2, -0.15) is 0 Å². The molecule has 0 aliphatic rings. The lowest BCUT2D eigenvalue weighted by molar-refractivity contribution is 0.280. The summed E-state index contributed by atoms with van der Waals surface area (Å²) in [5, 5.41) is -0.0143. The van der Waals surface area contributed by atoms with Crippen LogP contribution >= 0.6 is 11.6 Å². The van der Waals surface area contributed by atoms with Crippen molar-refractivity contribution in [1.29, 1.82) is 0 Å². The lowest BCUT2D eigenvalue weighted by Crippen LogP contribution is -2.28. The van der Waals surface area contributed by atoms with Crippen molar-refractivity contribution in [2.45, 2.75) is 39.0 Å². The molecule has 19 heavy (non-hydrogen) atoms. The van der Waals surface area contributed by atoms with E-state index >= 15 is 0 Å². The van der Waals surface area contributed by atoms with Gasteiger partial charge in [0.15, 0.2) is 0 Å². The fourth-order valence-electron chi connectivity index (χ4n) is 2.11. The van der Waals surface area contributed by atoms with Crippen LogP contribution in [0.1, 0.15) is 44.6 Å². The van der Waals surface area contributed by atoms with Crippen molar-refractivity contribution in [3.05, 3.63) is 29.8 Å². The third-order valence-electron chi connectivity index (χ3n) is 3.25. The molecule has 0 amide bonds. The second-order valence-electron chi connectivity index (χ2n) is 4.69. The Hall–Kier alpha value is -0.730. The Balaban J connectivity index is 2.67. The number of hydrogen-bond acceptors (Lipinski definition) is 2. The van der Waals surface area contributed by atoms with Crippen molar-refractivity contribution in [2.75, 3.05) is 26.2 Å². The fourth-order valence-corrected chi connectivity index (χ4v) is 2.49. The summed E-state index contributed by atoms with van der Waals surface area (Å²) >= 11 is 6.58. The minimum absolute atomic E-state index is 0.0143. The Morgan fingerprint density at radius 1 is 1.21 bits per heavy atom. The van der Waals surface area contributed by atoms with Crippen molar-refractivity contribution >= 4 is 11.6 Å². The molecule has 108 valence electrons. The Labute approximate surface area is 122 Å². The predicted molar refractivity (Wildman–Crippen MR) is 83.2 cm³/mol. The standard InChI is InChI=1S/C16H26ClNO/c1-4-7-12-18(5-2)13-15(17)14-10-8-9-11-16(14)19-6-3/h8-11,15H,4-7,12-13H2,1-3H3. The maximum atomic E-state index is 6.58. The summed E-state index contributed by atoms with van der Waals surface area (Å²) in [4.78, 5) is 2.41. The van der Waals surface area contributed by atoms with Gasteiger partial charge in [0.05, 0.1) is 12.0 Å². The number of nitrogens with zero attached hydrogens (tertiary/aromatic N) is 1. The molecule has 1 aromatic rings. The Kier molecular flexibility index (Phi) is 7.92. The molecule has 1 aromatic carbocycles. The molecule has 0 aromatic heterocycles. The first-order chi connectivity index (χ1) is 9.22. The summed E-state index contributed by atoms with van der Waals surface area (Å²) in [5.74, 6) is 0.913. The molecule has 1 rings (SSSR count).